The molecule has 0 aromatic carbocycles. The summed E-state index contributed by atoms with van der Waals surface area (Å²) in [5.74, 6) is 0. The topological polar surface area (TPSA) is 0 Å². The molecular weight excluding hydrogens is 193 g/mol. The van der Waals surface area contributed by atoms with Crippen LogP contribution in [0.4, 0.5) is 0 Å². The van der Waals surface area contributed by atoms with E-state index < -0.39 is 13.3 Å². The maximum absolute atomic E-state index is 4.11. The Kier molecular flexibility index (Phi) is 4.16. The Hall–Kier alpha value is 0.0229. The monoisotopic (exact) mass is 214 g/mol. The van der Waals surface area contributed by atoms with E-state index in [4.69, 9.17) is 0 Å². The van der Waals surface area contributed by atoms with Gasteiger partial charge in [-0.15, -0.1) is 0 Å². The first-order chi connectivity index (χ1) is 5.01. The van der Waals surface area contributed by atoms with Gasteiger partial charge in [-0.05, 0) is 0 Å². The van der Waals surface area contributed by atoms with E-state index >= 15 is 0 Å². The van der Waals surface area contributed by atoms with Crippen LogP contribution in [-0.2, 0) is 0 Å². The van der Waals surface area contributed by atoms with Crippen LogP contribution in [0.2, 0.25) is 10.5 Å². The van der Waals surface area contributed by atoms with Crippen molar-refractivity contribution in [1.82, 2.24) is 0 Å². The summed E-state index contributed by atoms with van der Waals surface area (Å²) in [5.41, 5.74) is 0. The molecule has 0 amide bonds. The molecule has 0 aromatic rings. The maximum atomic E-state index is 4.11. The molecule has 0 bridgehead atoms. The normalized spacial score (nSPS) is 11.3. The SMILES string of the molecule is C=[C](C)[Ge]([CH2]C)([CH2]C)[C](=C)C. The van der Waals surface area contributed by atoms with Gasteiger partial charge in [-0.2, -0.15) is 0 Å². The molecular formula is C10H20Ge. The van der Waals surface area contributed by atoms with Gasteiger partial charge >= 0.3 is 73.4 Å². The second-order valence-electron chi connectivity index (χ2n) is 3.35. The predicted molar refractivity (Wildman–Crippen MR) is 56.3 cm³/mol. The molecule has 0 nitrogen and oxygen atoms in total. The van der Waals surface area contributed by atoms with Gasteiger partial charge in [0, 0.05) is 0 Å². The van der Waals surface area contributed by atoms with Crippen molar-refractivity contribution in [3.8, 4) is 0 Å². The fraction of sp³-hybridized carbons (Fsp3) is 0.600. The first-order valence-corrected chi connectivity index (χ1v) is 9.39. The molecule has 0 saturated heterocycles. The number of hydrogen-bond donors (Lipinski definition) is 0. The Morgan fingerprint density at radius 2 is 1.27 bits per heavy atom. The summed E-state index contributed by atoms with van der Waals surface area (Å²) >= 11 is -1.81. The molecule has 0 aliphatic carbocycles. The Balaban J connectivity index is 4.76. The van der Waals surface area contributed by atoms with Crippen LogP contribution in [0.3, 0.4) is 0 Å². The van der Waals surface area contributed by atoms with Crippen LogP contribution in [0.1, 0.15) is 27.7 Å². The third kappa shape index (κ3) is 1.99. The average Bonchev–Trinajstić information content (AvgIpc) is 1.90. The van der Waals surface area contributed by atoms with E-state index in [1.807, 2.05) is 0 Å². The molecule has 0 aromatic heterocycles. The van der Waals surface area contributed by atoms with Gasteiger partial charge in [0.2, 0.25) is 0 Å². The predicted octanol–water partition coefficient (Wildman–Crippen LogP) is 3.71. The van der Waals surface area contributed by atoms with Gasteiger partial charge in [0.1, 0.15) is 0 Å². The summed E-state index contributed by atoms with van der Waals surface area (Å²) in [6.45, 7) is 17.2. The van der Waals surface area contributed by atoms with E-state index in [1.54, 1.807) is 0 Å². The quantitative estimate of drug-likeness (QED) is 0.624. The molecule has 0 aliphatic heterocycles. The second kappa shape index (κ2) is 4.15. The Labute approximate surface area is 73.7 Å². The third-order valence-electron chi connectivity index (χ3n) is 2.84. The van der Waals surface area contributed by atoms with Crippen LogP contribution >= 0.6 is 0 Å². The molecule has 0 N–H and O–H groups in total. The molecule has 1 heteroatoms. The van der Waals surface area contributed by atoms with E-state index in [1.165, 1.54) is 19.3 Å². The molecule has 0 aliphatic rings. The first-order valence-electron chi connectivity index (χ1n) is 4.33. The van der Waals surface area contributed by atoms with Gasteiger partial charge in [0.05, 0.1) is 0 Å². The zero-order valence-electron chi connectivity index (χ0n) is 8.33. The molecule has 11 heavy (non-hydrogen) atoms. The van der Waals surface area contributed by atoms with Crippen LogP contribution in [0, 0.1) is 0 Å². The Morgan fingerprint density at radius 1 is 1.00 bits per heavy atom. The van der Waals surface area contributed by atoms with E-state index in [0.29, 0.717) is 0 Å². The van der Waals surface area contributed by atoms with Crippen LogP contribution in [0.25, 0.3) is 0 Å². The van der Waals surface area contributed by atoms with Gasteiger partial charge in [0.15, 0.2) is 0 Å². The van der Waals surface area contributed by atoms with Crippen LogP contribution < -0.4 is 0 Å². The van der Waals surface area contributed by atoms with Gasteiger partial charge < -0.3 is 0 Å². The summed E-state index contributed by atoms with van der Waals surface area (Å²) in [4.78, 5) is 0. The number of allylic oxidation sites excluding steroid dienone is 2. The number of rotatable bonds is 4. The average molecular weight is 213 g/mol. The molecule has 0 rings (SSSR count). The molecule has 0 spiro atoms. The van der Waals surface area contributed by atoms with Crippen LogP contribution in [-0.4, -0.2) is 13.3 Å². The summed E-state index contributed by atoms with van der Waals surface area (Å²) in [6, 6.07) is 0. The fourth-order valence-corrected chi connectivity index (χ4v) is 9.46. The molecule has 0 heterocycles. The van der Waals surface area contributed by atoms with Crippen molar-refractivity contribution in [2.45, 2.75) is 38.2 Å². The third-order valence-corrected chi connectivity index (χ3v) is 14.8. The summed E-state index contributed by atoms with van der Waals surface area (Å²) in [6.07, 6.45) is 0. The zero-order valence-corrected chi connectivity index (χ0v) is 10.4. The van der Waals surface area contributed by atoms with Crippen molar-refractivity contribution in [3.63, 3.8) is 0 Å². The standard InChI is InChI=1S/C10H20Ge/c1-7-11(8-2,9(3)4)10(5)6/h3,5,7-8H2,1-2,4,6H3. The van der Waals surface area contributed by atoms with Crippen molar-refractivity contribution in [3.05, 3.63) is 22.0 Å². The van der Waals surface area contributed by atoms with Gasteiger partial charge in [-0.1, -0.05) is 0 Å². The summed E-state index contributed by atoms with van der Waals surface area (Å²) in [5, 5.41) is 2.61. The molecule has 0 atom stereocenters. The summed E-state index contributed by atoms with van der Waals surface area (Å²) < 4.78 is 2.87. The van der Waals surface area contributed by atoms with Gasteiger partial charge in [-0.25, -0.2) is 0 Å². The van der Waals surface area contributed by atoms with Crippen molar-refractivity contribution in [1.29, 1.82) is 0 Å². The number of hydrogen-bond acceptors (Lipinski definition) is 0. The van der Waals surface area contributed by atoms with Crippen molar-refractivity contribution in [2.75, 3.05) is 0 Å². The van der Waals surface area contributed by atoms with Gasteiger partial charge in [-0.3, -0.25) is 0 Å². The minimum atomic E-state index is -1.81. The molecule has 0 unspecified atom stereocenters. The Bertz CT molecular complexity index is 148. The van der Waals surface area contributed by atoms with Crippen LogP contribution in [0.15, 0.2) is 22.0 Å². The van der Waals surface area contributed by atoms with E-state index in [9.17, 15) is 0 Å². The van der Waals surface area contributed by atoms with Crippen LogP contribution in [0.5, 0.6) is 0 Å². The van der Waals surface area contributed by atoms with Gasteiger partial charge in [0.25, 0.3) is 0 Å². The van der Waals surface area contributed by atoms with E-state index in [2.05, 4.69) is 40.9 Å². The van der Waals surface area contributed by atoms with E-state index in [0.717, 1.165) is 0 Å². The second-order valence-corrected chi connectivity index (χ2v) is 14.4. The minimum absolute atomic E-state index is 1.31. The van der Waals surface area contributed by atoms with Crippen molar-refractivity contribution >= 4 is 13.3 Å². The first kappa shape index (κ1) is 11.0. The van der Waals surface area contributed by atoms with Crippen molar-refractivity contribution < 1.29 is 0 Å². The molecule has 0 radical (unpaired) electrons. The molecule has 0 fully saturated rings. The van der Waals surface area contributed by atoms with E-state index in [-0.39, 0.29) is 0 Å². The molecule has 64 valence electrons. The van der Waals surface area contributed by atoms with Crippen molar-refractivity contribution in [2.24, 2.45) is 0 Å². The Morgan fingerprint density at radius 3 is 1.27 bits per heavy atom. The fourth-order valence-electron chi connectivity index (χ4n) is 1.82. The molecule has 0 saturated carbocycles. The zero-order chi connectivity index (χ0) is 9.07. The summed E-state index contributed by atoms with van der Waals surface area (Å²) in [7, 11) is 0.